The van der Waals surface area contributed by atoms with Crippen molar-refractivity contribution in [3.05, 3.63) is 29.3 Å². The summed E-state index contributed by atoms with van der Waals surface area (Å²) in [5, 5.41) is -0.430. The number of sulfonamides is 1. The van der Waals surface area contributed by atoms with Crippen LogP contribution >= 0.6 is 0 Å². The molecule has 0 amide bonds. The Morgan fingerprint density at radius 1 is 1.16 bits per heavy atom. The van der Waals surface area contributed by atoms with E-state index in [4.69, 9.17) is 9.31 Å². The van der Waals surface area contributed by atoms with Crippen molar-refractivity contribution in [3.8, 4) is 0 Å². The molecule has 1 aromatic rings. The summed E-state index contributed by atoms with van der Waals surface area (Å²) in [5.41, 5.74) is 2.48. The molecule has 25 heavy (non-hydrogen) atoms. The predicted molar refractivity (Wildman–Crippen MR) is 100 cm³/mol. The van der Waals surface area contributed by atoms with Crippen LogP contribution in [0.5, 0.6) is 0 Å². The van der Waals surface area contributed by atoms with Gasteiger partial charge >= 0.3 is 7.12 Å². The third-order valence-electron chi connectivity index (χ3n) is 5.70. The van der Waals surface area contributed by atoms with Crippen LogP contribution in [0.1, 0.15) is 65.1 Å². The normalized spacial score (nSPS) is 24.8. The number of aryl methyl sites for hydroxylation is 1. The lowest BCUT2D eigenvalue weighted by molar-refractivity contribution is 0.00578. The summed E-state index contributed by atoms with van der Waals surface area (Å²) in [5.74, 6) is 0. The molecule has 1 aliphatic heterocycles. The van der Waals surface area contributed by atoms with Crippen molar-refractivity contribution in [1.82, 2.24) is 4.72 Å². The van der Waals surface area contributed by atoms with Gasteiger partial charge in [0, 0.05) is 6.04 Å². The number of hydrogen-bond donors (Lipinski definition) is 1. The van der Waals surface area contributed by atoms with E-state index in [1.807, 2.05) is 39.8 Å². The first-order valence-corrected chi connectivity index (χ1v) is 10.5. The molecule has 2 aliphatic rings. The molecule has 0 bridgehead atoms. The van der Waals surface area contributed by atoms with Crippen molar-refractivity contribution >= 4 is 22.6 Å². The van der Waals surface area contributed by atoms with Crippen molar-refractivity contribution < 1.29 is 17.7 Å². The number of rotatable bonds is 4. The van der Waals surface area contributed by atoms with Gasteiger partial charge in [0.15, 0.2) is 0 Å². The Morgan fingerprint density at radius 3 is 2.32 bits per heavy atom. The maximum absolute atomic E-state index is 12.2. The van der Waals surface area contributed by atoms with E-state index < -0.39 is 15.3 Å². The Hall–Kier alpha value is -0.885. The van der Waals surface area contributed by atoms with Crippen LogP contribution in [0.3, 0.4) is 0 Å². The van der Waals surface area contributed by atoms with Crippen molar-refractivity contribution in [2.24, 2.45) is 0 Å². The Kier molecular flexibility index (Phi) is 4.60. The number of fused-ring (bicyclic) bond motifs is 1. The molecule has 1 heterocycles. The highest BCUT2D eigenvalue weighted by Crippen LogP contribution is 2.37. The zero-order valence-electron chi connectivity index (χ0n) is 15.9. The van der Waals surface area contributed by atoms with E-state index in [0.29, 0.717) is 0 Å². The molecule has 7 heteroatoms. The van der Waals surface area contributed by atoms with Gasteiger partial charge in [0.1, 0.15) is 0 Å². The Balaban J connectivity index is 1.81. The molecule has 1 saturated heterocycles. The minimum atomic E-state index is -3.28. The largest absolute Gasteiger partial charge is 0.494 e. The summed E-state index contributed by atoms with van der Waals surface area (Å²) in [6.07, 6.45) is 1.64. The highest BCUT2D eigenvalue weighted by atomic mass is 32.2. The van der Waals surface area contributed by atoms with E-state index in [9.17, 15) is 8.42 Å². The predicted octanol–water partition coefficient (Wildman–Crippen LogP) is 2.30. The second-order valence-corrected chi connectivity index (χ2v) is 10.6. The molecule has 0 saturated carbocycles. The maximum Gasteiger partial charge on any atom is 0.494 e. The van der Waals surface area contributed by atoms with Gasteiger partial charge in [-0.3, -0.25) is 0 Å². The fraction of sp³-hybridized carbons (Fsp3) is 0.667. The van der Waals surface area contributed by atoms with Crippen molar-refractivity contribution in [1.29, 1.82) is 0 Å². The molecule has 5 nitrogen and oxygen atoms in total. The molecule has 138 valence electrons. The summed E-state index contributed by atoms with van der Waals surface area (Å²) in [6.45, 7) is 11.5. The van der Waals surface area contributed by atoms with Gasteiger partial charge in [-0.05, 0) is 71.0 Å². The van der Waals surface area contributed by atoms with Crippen molar-refractivity contribution in [2.75, 3.05) is 0 Å². The fourth-order valence-electron chi connectivity index (χ4n) is 3.22. The highest BCUT2D eigenvalue weighted by molar-refractivity contribution is 7.90. The van der Waals surface area contributed by atoms with Crippen LogP contribution in [0, 0.1) is 0 Å². The average Bonchev–Trinajstić information content (AvgIpc) is 2.96. The molecule has 1 unspecified atom stereocenters. The smallest absolute Gasteiger partial charge is 0.399 e. The van der Waals surface area contributed by atoms with Gasteiger partial charge in [0.25, 0.3) is 0 Å². The molecule has 1 fully saturated rings. The lowest BCUT2D eigenvalue weighted by atomic mass is 9.78. The maximum atomic E-state index is 12.2. The molecule has 0 radical (unpaired) electrons. The first kappa shape index (κ1) is 18.9. The molecule has 0 spiro atoms. The van der Waals surface area contributed by atoms with Crippen LogP contribution in [0.15, 0.2) is 18.2 Å². The number of hydrogen-bond acceptors (Lipinski definition) is 4. The fourth-order valence-corrected chi connectivity index (χ4v) is 4.13. The minimum absolute atomic E-state index is 0.144. The first-order valence-electron chi connectivity index (χ1n) is 8.92. The van der Waals surface area contributed by atoms with E-state index in [0.717, 1.165) is 23.9 Å². The topological polar surface area (TPSA) is 64.6 Å². The Morgan fingerprint density at radius 2 is 1.76 bits per heavy atom. The molecule has 3 rings (SSSR count). The summed E-state index contributed by atoms with van der Waals surface area (Å²) >= 11 is 0. The first-order chi connectivity index (χ1) is 11.4. The Labute approximate surface area is 151 Å². The summed E-state index contributed by atoms with van der Waals surface area (Å²) < 4.78 is 39.4. The number of nitrogens with one attached hydrogen (secondary N) is 1. The van der Waals surface area contributed by atoms with E-state index >= 15 is 0 Å². The van der Waals surface area contributed by atoms with Crippen molar-refractivity contribution in [2.45, 2.75) is 76.9 Å². The van der Waals surface area contributed by atoms with Crippen LogP contribution in [-0.4, -0.2) is 32.0 Å². The van der Waals surface area contributed by atoms with E-state index in [1.54, 1.807) is 13.8 Å². The molecule has 1 aliphatic carbocycles. The number of benzene rings is 1. The van der Waals surface area contributed by atoms with E-state index in [2.05, 4.69) is 10.8 Å². The standard InChI is InChI=1S/C18H28BNO4S/c1-12(2)25(21,22)20-16-10-7-13-11-14(8-9-15(13)16)19-23-17(3,4)18(5,6)24-19/h8-9,11-12,16,20H,7,10H2,1-6H3. The molecule has 0 aromatic heterocycles. The van der Waals surface area contributed by atoms with Crippen LogP contribution in [0.2, 0.25) is 0 Å². The van der Waals surface area contributed by atoms with Gasteiger partial charge in [-0.1, -0.05) is 18.2 Å². The lowest BCUT2D eigenvalue weighted by Gasteiger charge is -2.32. The van der Waals surface area contributed by atoms with Gasteiger partial charge in [0.2, 0.25) is 10.0 Å². The second-order valence-electron chi connectivity index (χ2n) is 8.35. The van der Waals surface area contributed by atoms with Gasteiger partial charge in [0.05, 0.1) is 16.5 Å². The van der Waals surface area contributed by atoms with E-state index in [1.165, 1.54) is 5.56 Å². The van der Waals surface area contributed by atoms with Gasteiger partial charge in [-0.15, -0.1) is 0 Å². The summed E-state index contributed by atoms with van der Waals surface area (Å²) in [4.78, 5) is 0. The summed E-state index contributed by atoms with van der Waals surface area (Å²) in [7, 11) is -3.67. The quantitative estimate of drug-likeness (QED) is 0.832. The molecular formula is C18H28BNO4S. The van der Waals surface area contributed by atoms with Crippen LogP contribution in [0.4, 0.5) is 0 Å². The molecule has 1 N–H and O–H groups in total. The van der Waals surface area contributed by atoms with Gasteiger partial charge < -0.3 is 9.31 Å². The van der Waals surface area contributed by atoms with Crippen molar-refractivity contribution in [3.63, 3.8) is 0 Å². The van der Waals surface area contributed by atoms with Gasteiger partial charge in [-0.25, -0.2) is 13.1 Å². The van der Waals surface area contributed by atoms with Gasteiger partial charge in [-0.2, -0.15) is 0 Å². The zero-order chi connectivity index (χ0) is 18.6. The highest BCUT2D eigenvalue weighted by Gasteiger charge is 2.51. The van der Waals surface area contributed by atoms with E-state index in [-0.39, 0.29) is 24.4 Å². The average molecular weight is 365 g/mol. The monoisotopic (exact) mass is 365 g/mol. The van der Waals surface area contributed by atoms with Crippen LogP contribution < -0.4 is 10.2 Å². The zero-order valence-corrected chi connectivity index (χ0v) is 16.7. The summed E-state index contributed by atoms with van der Waals surface area (Å²) in [6, 6.07) is 5.95. The molecule has 1 atom stereocenters. The third kappa shape index (κ3) is 3.39. The Bertz CT molecular complexity index is 757. The van der Waals surface area contributed by atoms with Crippen LogP contribution in [0.25, 0.3) is 0 Å². The minimum Gasteiger partial charge on any atom is -0.399 e. The second kappa shape index (κ2) is 6.08. The molecule has 1 aromatic carbocycles. The lowest BCUT2D eigenvalue weighted by Crippen LogP contribution is -2.41. The SMILES string of the molecule is CC(C)S(=O)(=O)NC1CCc2cc(B3OC(C)(C)C(C)(C)O3)ccc21. The third-order valence-corrected chi connectivity index (χ3v) is 7.55. The molecular weight excluding hydrogens is 337 g/mol. The van der Waals surface area contributed by atoms with Crippen LogP contribution in [-0.2, 0) is 25.8 Å².